The van der Waals surface area contributed by atoms with Crippen molar-refractivity contribution in [3.63, 3.8) is 0 Å². The molecule has 0 aliphatic heterocycles. The van der Waals surface area contributed by atoms with Gasteiger partial charge in [-0.15, -0.1) is 0 Å². The Kier molecular flexibility index (Phi) is 6.96. The first kappa shape index (κ1) is 14.1. The van der Waals surface area contributed by atoms with Crippen LogP contribution in [0, 0.1) is 5.92 Å². The third kappa shape index (κ3) is 4.00. The molecule has 2 atom stereocenters. The molecule has 0 aromatic heterocycles. The zero-order valence-electron chi connectivity index (χ0n) is 9.91. The number of Topliss-reactive ketones (excluding diaryl/α,β-unsaturated/α-hetero) is 1. The molecule has 0 aromatic carbocycles. The van der Waals surface area contributed by atoms with E-state index in [1.54, 1.807) is 13.8 Å². The zero-order valence-corrected chi connectivity index (χ0v) is 9.91. The highest BCUT2D eigenvalue weighted by Gasteiger charge is 2.31. The first-order valence-corrected chi connectivity index (χ1v) is 5.35. The number of hydrogen-bond acceptors (Lipinski definition) is 4. The standard InChI is InChI=1S/C11H20O4/c1-5-8(11(13)15-7-3)10(12)9(6-2)14-4/h8-9H,5-7H2,1-4H3. The van der Waals surface area contributed by atoms with Crippen molar-refractivity contribution in [1.82, 2.24) is 0 Å². The Bertz CT molecular complexity index is 209. The fraction of sp³-hybridized carbons (Fsp3) is 0.818. The van der Waals surface area contributed by atoms with E-state index < -0.39 is 18.0 Å². The lowest BCUT2D eigenvalue weighted by Crippen LogP contribution is -2.34. The van der Waals surface area contributed by atoms with Gasteiger partial charge in [0.1, 0.15) is 12.0 Å². The summed E-state index contributed by atoms with van der Waals surface area (Å²) in [6, 6.07) is 0. The van der Waals surface area contributed by atoms with Gasteiger partial charge in [0.15, 0.2) is 5.78 Å². The monoisotopic (exact) mass is 216 g/mol. The summed E-state index contributed by atoms with van der Waals surface area (Å²) in [5.41, 5.74) is 0. The van der Waals surface area contributed by atoms with Crippen molar-refractivity contribution in [2.45, 2.75) is 39.7 Å². The molecule has 0 aromatic rings. The van der Waals surface area contributed by atoms with Gasteiger partial charge in [-0.3, -0.25) is 9.59 Å². The minimum Gasteiger partial charge on any atom is -0.465 e. The third-order valence-electron chi connectivity index (χ3n) is 2.30. The highest BCUT2D eigenvalue weighted by atomic mass is 16.5. The highest BCUT2D eigenvalue weighted by molar-refractivity contribution is 6.01. The lowest BCUT2D eigenvalue weighted by Gasteiger charge is -2.17. The molecule has 0 bridgehead atoms. The lowest BCUT2D eigenvalue weighted by atomic mass is 9.96. The first-order chi connectivity index (χ1) is 7.12. The Balaban J connectivity index is 4.51. The van der Waals surface area contributed by atoms with Gasteiger partial charge in [-0.1, -0.05) is 13.8 Å². The summed E-state index contributed by atoms with van der Waals surface area (Å²) in [5.74, 6) is -1.31. The van der Waals surface area contributed by atoms with Crippen LogP contribution < -0.4 is 0 Å². The molecule has 4 nitrogen and oxygen atoms in total. The van der Waals surface area contributed by atoms with Crippen molar-refractivity contribution in [1.29, 1.82) is 0 Å². The summed E-state index contributed by atoms with van der Waals surface area (Å²) in [6.07, 6.45) is 0.530. The Labute approximate surface area is 90.9 Å². The van der Waals surface area contributed by atoms with Crippen LogP contribution in [-0.2, 0) is 19.1 Å². The second-order valence-electron chi connectivity index (χ2n) is 3.25. The second-order valence-corrected chi connectivity index (χ2v) is 3.25. The Hall–Kier alpha value is -0.900. The van der Waals surface area contributed by atoms with E-state index in [2.05, 4.69) is 0 Å². The summed E-state index contributed by atoms with van der Waals surface area (Å²) in [5, 5.41) is 0. The van der Waals surface area contributed by atoms with E-state index in [4.69, 9.17) is 9.47 Å². The number of carbonyl (C=O) groups excluding carboxylic acids is 2. The summed E-state index contributed by atoms with van der Waals surface area (Å²) in [6.45, 7) is 5.67. The maximum atomic E-state index is 11.8. The molecule has 0 spiro atoms. The number of methoxy groups -OCH3 is 1. The molecule has 4 heteroatoms. The molecule has 0 saturated carbocycles. The SMILES string of the molecule is CCOC(=O)C(CC)C(=O)C(CC)OC. The molecule has 0 amide bonds. The number of ether oxygens (including phenoxy) is 2. The van der Waals surface area contributed by atoms with Crippen LogP contribution in [0.1, 0.15) is 33.6 Å². The van der Waals surface area contributed by atoms with Gasteiger partial charge in [0, 0.05) is 7.11 Å². The van der Waals surface area contributed by atoms with Gasteiger partial charge in [0.25, 0.3) is 0 Å². The smallest absolute Gasteiger partial charge is 0.316 e. The van der Waals surface area contributed by atoms with Crippen molar-refractivity contribution in [3.8, 4) is 0 Å². The van der Waals surface area contributed by atoms with Gasteiger partial charge in [-0.25, -0.2) is 0 Å². The van der Waals surface area contributed by atoms with Crippen molar-refractivity contribution in [2.75, 3.05) is 13.7 Å². The van der Waals surface area contributed by atoms with Crippen LogP contribution in [0.3, 0.4) is 0 Å². The Morgan fingerprint density at radius 1 is 1.13 bits per heavy atom. The third-order valence-corrected chi connectivity index (χ3v) is 2.30. The van der Waals surface area contributed by atoms with Crippen LogP contribution in [0.15, 0.2) is 0 Å². The fourth-order valence-corrected chi connectivity index (χ4v) is 1.44. The normalized spacial score (nSPS) is 14.4. The average Bonchev–Trinajstić information content (AvgIpc) is 2.21. The molecule has 0 heterocycles. The zero-order chi connectivity index (χ0) is 11.8. The number of rotatable bonds is 7. The largest absolute Gasteiger partial charge is 0.465 e. The molecule has 0 radical (unpaired) electrons. The van der Waals surface area contributed by atoms with Gasteiger partial charge < -0.3 is 9.47 Å². The van der Waals surface area contributed by atoms with Crippen LogP contribution in [0.25, 0.3) is 0 Å². The van der Waals surface area contributed by atoms with Crippen molar-refractivity contribution in [2.24, 2.45) is 5.92 Å². The van der Waals surface area contributed by atoms with Crippen LogP contribution in [0.2, 0.25) is 0 Å². The molecular weight excluding hydrogens is 196 g/mol. The highest BCUT2D eigenvalue weighted by Crippen LogP contribution is 2.13. The van der Waals surface area contributed by atoms with E-state index in [9.17, 15) is 9.59 Å². The molecule has 0 saturated heterocycles. The number of carbonyl (C=O) groups is 2. The summed E-state index contributed by atoms with van der Waals surface area (Å²) < 4.78 is 9.85. The molecule has 88 valence electrons. The Morgan fingerprint density at radius 3 is 2.07 bits per heavy atom. The summed E-state index contributed by atoms with van der Waals surface area (Å²) in [4.78, 5) is 23.3. The van der Waals surface area contributed by atoms with Crippen molar-refractivity contribution < 1.29 is 19.1 Å². The quantitative estimate of drug-likeness (QED) is 0.479. The van der Waals surface area contributed by atoms with E-state index in [-0.39, 0.29) is 5.78 Å². The van der Waals surface area contributed by atoms with E-state index in [1.165, 1.54) is 7.11 Å². The van der Waals surface area contributed by atoms with E-state index >= 15 is 0 Å². The molecular formula is C11H20O4. The second kappa shape index (κ2) is 7.40. The van der Waals surface area contributed by atoms with E-state index in [1.807, 2.05) is 6.92 Å². The maximum absolute atomic E-state index is 11.8. The number of esters is 1. The predicted octanol–water partition coefficient (Wildman–Crippen LogP) is 1.57. The molecule has 0 N–H and O–H groups in total. The Morgan fingerprint density at radius 2 is 1.73 bits per heavy atom. The lowest BCUT2D eigenvalue weighted by molar-refractivity contribution is -0.154. The van der Waals surface area contributed by atoms with Crippen LogP contribution in [0.4, 0.5) is 0 Å². The van der Waals surface area contributed by atoms with Crippen LogP contribution in [-0.4, -0.2) is 31.6 Å². The topological polar surface area (TPSA) is 52.6 Å². The van der Waals surface area contributed by atoms with Crippen molar-refractivity contribution in [3.05, 3.63) is 0 Å². The van der Waals surface area contributed by atoms with Gasteiger partial charge in [-0.2, -0.15) is 0 Å². The van der Waals surface area contributed by atoms with Crippen LogP contribution in [0.5, 0.6) is 0 Å². The predicted molar refractivity (Wildman–Crippen MR) is 56.5 cm³/mol. The average molecular weight is 216 g/mol. The van der Waals surface area contributed by atoms with E-state index in [0.29, 0.717) is 19.4 Å². The summed E-state index contributed by atoms with van der Waals surface area (Å²) in [7, 11) is 1.48. The molecule has 15 heavy (non-hydrogen) atoms. The summed E-state index contributed by atoms with van der Waals surface area (Å²) >= 11 is 0. The number of hydrogen-bond donors (Lipinski definition) is 0. The first-order valence-electron chi connectivity index (χ1n) is 5.35. The molecule has 0 rings (SSSR count). The minimum atomic E-state index is -0.685. The fourth-order valence-electron chi connectivity index (χ4n) is 1.44. The molecule has 0 aliphatic rings. The van der Waals surface area contributed by atoms with Crippen molar-refractivity contribution >= 4 is 11.8 Å². The van der Waals surface area contributed by atoms with Gasteiger partial charge in [0.2, 0.25) is 0 Å². The van der Waals surface area contributed by atoms with Gasteiger partial charge in [-0.05, 0) is 19.8 Å². The molecule has 2 unspecified atom stereocenters. The maximum Gasteiger partial charge on any atom is 0.316 e. The van der Waals surface area contributed by atoms with E-state index in [0.717, 1.165) is 0 Å². The van der Waals surface area contributed by atoms with Gasteiger partial charge >= 0.3 is 5.97 Å². The minimum absolute atomic E-state index is 0.180. The molecule has 0 fully saturated rings. The molecule has 0 aliphatic carbocycles. The number of ketones is 1. The van der Waals surface area contributed by atoms with Crippen LogP contribution >= 0.6 is 0 Å². The van der Waals surface area contributed by atoms with Gasteiger partial charge in [0.05, 0.1) is 6.61 Å².